The second kappa shape index (κ2) is 8.88. The van der Waals surface area contributed by atoms with Gasteiger partial charge in [0, 0.05) is 43.8 Å². The van der Waals surface area contributed by atoms with Crippen LogP contribution in [0.15, 0.2) is 30.5 Å². The average Bonchev–Trinajstić information content (AvgIpc) is 2.95. The van der Waals surface area contributed by atoms with Crippen molar-refractivity contribution in [2.24, 2.45) is 0 Å². The van der Waals surface area contributed by atoms with E-state index in [1.54, 1.807) is 0 Å². The summed E-state index contributed by atoms with van der Waals surface area (Å²) < 4.78 is 0. The van der Waals surface area contributed by atoms with Gasteiger partial charge in [0.1, 0.15) is 5.82 Å². The van der Waals surface area contributed by atoms with Crippen LogP contribution in [0.5, 0.6) is 0 Å². The molecule has 140 valence electrons. The lowest BCUT2D eigenvalue weighted by atomic mass is 10.1. The van der Waals surface area contributed by atoms with Gasteiger partial charge in [-0.1, -0.05) is 12.8 Å². The summed E-state index contributed by atoms with van der Waals surface area (Å²) in [6, 6.07) is 8.55. The van der Waals surface area contributed by atoms with Gasteiger partial charge in [0.15, 0.2) is 0 Å². The molecule has 0 spiro atoms. The van der Waals surface area contributed by atoms with Gasteiger partial charge in [-0.05, 0) is 63.4 Å². The predicted octanol–water partition coefficient (Wildman–Crippen LogP) is 4.76. The smallest absolute Gasteiger partial charge is 0.229 e. The zero-order valence-corrected chi connectivity index (χ0v) is 16.3. The number of aromatic nitrogens is 2. The molecule has 26 heavy (non-hydrogen) atoms. The maximum atomic E-state index is 4.76. The van der Waals surface area contributed by atoms with E-state index in [9.17, 15) is 0 Å². The summed E-state index contributed by atoms with van der Waals surface area (Å²) >= 11 is 0. The Morgan fingerprint density at radius 2 is 1.77 bits per heavy atom. The molecule has 2 aromatic rings. The number of nitrogens with zero attached hydrogens (tertiary/aromatic N) is 4. The summed E-state index contributed by atoms with van der Waals surface area (Å²) in [5.41, 5.74) is 3.53. The summed E-state index contributed by atoms with van der Waals surface area (Å²) in [6.07, 6.45) is 7.00. The van der Waals surface area contributed by atoms with Crippen molar-refractivity contribution in [3.05, 3.63) is 36.0 Å². The highest BCUT2D eigenvalue weighted by atomic mass is 15.2. The first-order valence-corrected chi connectivity index (χ1v) is 9.92. The highest BCUT2D eigenvalue weighted by molar-refractivity contribution is 5.64. The van der Waals surface area contributed by atoms with E-state index in [1.807, 2.05) is 12.3 Å². The van der Waals surface area contributed by atoms with Gasteiger partial charge >= 0.3 is 0 Å². The standard InChI is InChI=1S/C21H31N5/c1-4-25(5-2)18-10-11-19(17(3)16-18)23-21-22-13-12-20(24-21)26-14-8-6-7-9-15-26/h10-13,16H,4-9,14-15H2,1-3H3,(H,22,23,24). The van der Waals surface area contributed by atoms with Crippen LogP contribution in [-0.4, -0.2) is 36.1 Å². The quantitative estimate of drug-likeness (QED) is 0.811. The van der Waals surface area contributed by atoms with Crippen LogP contribution in [0.2, 0.25) is 0 Å². The third kappa shape index (κ3) is 4.45. The van der Waals surface area contributed by atoms with Gasteiger partial charge in [0.05, 0.1) is 0 Å². The van der Waals surface area contributed by atoms with Crippen molar-refractivity contribution >= 4 is 23.1 Å². The molecule has 0 aliphatic carbocycles. The Morgan fingerprint density at radius 1 is 1.04 bits per heavy atom. The molecular weight excluding hydrogens is 322 g/mol. The predicted molar refractivity (Wildman–Crippen MR) is 111 cm³/mol. The van der Waals surface area contributed by atoms with Gasteiger partial charge in [-0.25, -0.2) is 4.98 Å². The first kappa shape index (κ1) is 18.5. The summed E-state index contributed by atoms with van der Waals surface area (Å²) in [5, 5.41) is 3.40. The normalized spacial score (nSPS) is 14.8. The minimum atomic E-state index is 0.672. The van der Waals surface area contributed by atoms with Crippen molar-refractivity contribution in [3.8, 4) is 0 Å². The Kier molecular flexibility index (Phi) is 6.31. The summed E-state index contributed by atoms with van der Waals surface area (Å²) in [5.74, 6) is 1.70. The molecule has 0 unspecified atom stereocenters. The summed E-state index contributed by atoms with van der Waals surface area (Å²) in [7, 11) is 0. The SMILES string of the molecule is CCN(CC)c1ccc(Nc2nccc(N3CCCCCC3)n2)c(C)c1. The van der Waals surface area contributed by atoms with Crippen molar-refractivity contribution in [1.29, 1.82) is 0 Å². The van der Waals surface area contributed by atoms with Crippen LogP contribution in [0.4, 0.5) is 23.1 Å². The van der Waals surface area contributed by atoms with Crippen LogP contribution >= 0.6 is 0 Å². The molecule has 0 radical (unpaired) electrons. The molecule has 1 aliphatic rings. The molecule has 0 amide bonds. The molecule has 1 saturated heterocycles. The molecular formula is C21H31N5. The highest BCUT2D eigenvalue weighted by Crippen LogP contribution is 2.25. The summed E-state index contributed by atoms with van der Waals surface area (Å²) in [4.78, 5) is 13.9. The number of hydrogen-bond donors (Lipinski definition) is 1. The van der Waals surface area contributed by atoms with Crippen molar-refractivity contribution in [2.75, 3.05) is 41.3 Å². The van der Waals surface area contributed by atoms with E-state index in [0.717, 1.165) is 37.7 Å². The van der Waals surface area contributed by atoms with Crippen molar-refractivity contribution in [2.45, 2.75) is 46.5 Å². The lowest BCUT2D eigenvalue weighted by Gasteiger charge is -2.23. The maximum Gasteiger partial charge on any atom is 0.229 e. The molecule has 1 N–H and O–H groups in total. The number of benzene rings is 1. The Hall–Kier alpha value is -2.30. The van der Waals surface area contributed by atoms with E-state index in [1.165, 1.54) is 36.9 Å². The van der Waals surface area contributed by atoms with E-state index >= 15 is 0 Å². The van der Waals surface area contributed by atoms with Crippen LogP contribution < -0.4 is 15.1 Å². The lowest BCUT2D eigenvalue weighted by molar-refractivity contribution is 0.726. The van der Waals surface area contributed by atoms with E-state index in [4.69, 9.17) is 4.98 Å². The molecule has 1 fully saturated rings. The van der Waals surface area contributed by atoms with Crippen LogP contribution in [0.25, 0.3) is 0 Å². The molecule has 5 nitrogen and oxygen atoms in total. The zero-order chi connectivity index (χ0) is 18.4. The second-order valence-electron chi connectivity index (χ2n) is 6.94. The first-order chi connectivity index (χ1) is 12.7. The third-order valence-electron chi connectivity index (χ3n) is 5.16. The Balaban J connectivity index is 1.75. The van der Waals surface area contributed by atoms with Crippen LogP contribution in [0.3, 0.4) is 0 Å². The lowest BCUT2D eigenvalue weighted by Crippen LogP contribution is -2.25. The molecule has 0 bridgehead atoms. The molecule has 0 atom stereocenters. The monoisotopic (exact) mass is 353 g/mol. The number of anilines is 4. The molecule has 2 heterocycles. The van der Waals surface area contributed by atoms with Crippen LogP contribution in [-0.2, 0) is 0 Å². The topological polar surface area (TPSA) is 44.3 Å². The molecule has 1 aromatic carbocycles. The minimum absolute atomic E-state index is 0.672. The average molecular weight is 354 g/mol. The molecule has 1 aliphatic heterocycles. The number of aryl methyl sites for hydroxylation is 1. The van der Waals surface area contributed by atoms with Gasteiger partial charge in [-0.2, -0.15) is 4.98 Å². The van der Waals surface area contributed by atoms with Gasteiger partial charge in [-0.3, -0.25) is 0 Å². The molecule has 0 saturated carbocycles. The summed E-state index contributed by atoms with van der Waals surface area (Å²) in [6.45, 7) is 10.7. The van der Waals surface area contributed by atoms with Crippen molar-refractivity contribution in [3.63, 3.8) is 0 Å². The van der Waals surface area contributed by atoms with Gasteiger partial charge in [-0.15, -0.1) is 0 Å². The fourth-order valence-electron chi connectivity index (χ4n) is 3.58. The maximum absolute atomic E-state index is 4.76. The Labute approximate surface area is 157 Å². The highest BCUT2D eigenvalue weighted by Gasteiger charge is 2.12. The molecule has 1 aromatic heterocycles. The van der Waals surface area contributed by atoms with E-state index < -0.39 is 0 Å². The number of hydrogen-bond acceptors (Lipinski definition) is 5. The van der Waals surface area contributed by atoms with Gasteiger partial charge in [0.25, 0.3) is 0 Å². The van der Waals surface area contributed by atoms with Gasteiger partial charge < -0.3 is 15.1 Å². The van der Waals surface area contributed by atoms with Gasteiger partial charge in [0.2, 0.25) is 5.95 Å². The van der Waals surface area contributed by atoms with E-state index in [0.29, 0.717) is 5.95 Å². The number of rotatable bonds is 6. The third-order valence-corrected chi connectivity index (χ3v) is 5.16. The Morgan fingerprint density at radius 3 is 2.42 bits per heavy atom. The molecule has 5 heteroatoms. The second-order valence-corrected chi connectivity index (χ2v) is 6.94. The largest absolute Gasteiger partial charge is 0.372 e. The van der Waals surface area contributed by atoms with E-state index in [2.05, 4.69) is 59.1 Å². The minimum Gasteiger partial charge on any atom is -0.372 e. The number of nitrogens with one attached hydrogen (secondary N) is 1. The Bertz CT molecular complexity index is 703. The van der Waals surface area contributed by atoms with E-state index in [-0.39, 0.29) is 0 Å². The van der Waals surface area contributed by atoms with Crippen molar-refractivity contribution < 1.29 is 0 Å². The zero-order valence-electron chi connectivity index (χ0n) is 16.3. The fourth-order valence-corrected chi connectivity index (χ4v) is 3.58. The molecule has 3 rings (SSSR count). The van der Waals surface area contributed by atoms with Crippen LogP contribution in [0, 0.1) is 6.92 Å². The first-order valence-electron chi connectivity index (χ1n) is 9.92. The van der Waals surface area contributed by atoms with Crippen LogP contribution in [0.1, 0.15) is 45.1 Å². The van der Waals surface area contributed by atoms with Crippen molar-refractivity contribution in [1.82, 2.24) is 9.97 Å². The fraction of sp³-hybridized carbons (Fsp3) is 0.524.